The number of aryl methyl sites for hydroxylation is 1. The molecular formula is C20H18BrN3O4. The molecule has 3 aromatic rings. The maximum Gasteiger partial charge on any atom is 0.312 e. The summed E-state index contributed by atoms with van der Waals surface area (Å²) in [5.74, 6) is 0.735. The maximum absolute atomic E-state index is 11.3. The van der Waals surface area contributed by atoms with Crippen molar-refractivity contribution in [1.82, 2.24) is 9.78 Å². The number of fused-ring (bicyclic) bond motifs is 1. The lowest BCUT2D eigenvalue weighted by Gasteiger charge is -2.28. The molecule has 8 heteroatoms. The zero-order valence-corrected chi connectivity index (χ0v) is 17.0. The van der Waals surface area contributed by atoms with Gasteiger partial charge in [-0.25, -0.2) is 0 Å². The average molecular weight is 444 g/mol. The molecule has 1 aliphatic heterocycles. The SMILES string of the molecule is Cc1nn(Cc2cc(Br)cc3c2OC(c2ccccc2)OC3)c(C)c1[N+](=O)[O-]. The summed E-state index contributed by atoms with van der Waals surface area (Å²) < 4.78 is 14.6. The number of aromatic nitrogens is 2. The summed E-state index contributed by atoms with van der Waals surface area (Å²) in [4.78, 5) is 10.9. The first-order valence-corrected chi connectivity index (χ1v) is 9.56. The first-order valence-electron chi connectivity index (χ1n) is 8.77. The van der Waals surface area contributed by atoms with Crippen LogP contribution in [0.25, 0.3) is 0 Å². The number of benzene rings is 2. The average Bonchev–Trinajstić information content (AvgIpc) is 2.95. The molecule has 0 aliphatic carbocycles. The topological polar surface area (TPSA) is 79.4 Å². The maximum atomic E-state index is 11.3. The molecule has 0 radical (unpaired) electrons. The Morgan fingerprint density at radius 1 is 1.29 bits per heavy atom. The van der Waals surface area contributed by atoms with Gasteiger partial charge in [0.2, 0.25) is 6.29 Å². The van der Waals surface area contributed by atoms with Gasteiger partial charge in [-0.05, 0) is 26.0 Å². The Balaban J connectivity index is 1.71. The monoisotopic (exact) mass is 443 g/mol. The van der Waals surface area contributed by atoms with Gasteiger partial charge in [0.25, 0.3) is 0 Å². The number of nitrogens with zero attached hydrogens (tertiary/aromatic N) is 3. The molecule has 1 aliphatic rings. The summed E-state index contributed by atoms with van der Waals surface area (Å²) in [5.41, 5.74) is 3.71. The number of rotatable bonds is 4. The first kappa shape index (κ1) is 18.6. The van der Waals surface area contributed by atoms with Gasteiger partial charge in [0, 0.05) is 21.2 Å². The molecule has 0 saturated carbocycles. The van der Waals surface area contributed by atoms with E-state index in [9.17, 15) is 10.1 Å². The van der Waals surface area contributed by atoms with Crippen LogP contribution in [0.5, 0.6) is 5.75 Å². The Kier molecular flexibility index (Phi) is 4.91. The van der Waals surface area contributed by atoms with Crippen LogP contribution < -0.4 is 4.74 Å². The summed E-state index contributed by atoms with van der Waals surface area (Å²) >= 11 is 3.53. The number of hydrogen-bond acceptors (Lipinski definition) is 5. The Bertz CT molecular complexity index is 1050. The van der Waals surface area contributed by atoms with Crippen molar-refractivity contribution in [2.45, 2.75) is 33.3 Å². The van der Waals surface area contributed by atoms with Gasteiger partial charge < -0.3 is 9.47 Å². The molecule has 1 atom stereocenters. The van der Waals surface area contributed by atoms with Crippen LogP contribution in [0.2, 0.25) is 0 Å². The first-order chi connectivity index (χ1) is 13.4. The molecule has 0 bridgehead atoms. The third-order valence-electron chi connectivity index (χ3n) is 4.74. The lowest BCUT2D eigenvalue weighted by Crippen LogP contribution is -2.20. The van der Waals surface area contributed by atoms with Crippen molar-refractivity contribution in [3.63, 3.8) is 0 Å². The lowest BCUT2D eigenvalue weighted by atomic mass is 10.1. The van der Waals surface area contributed by atoms with Crippen LogP contribution >= 0.6 is 15.9 Å². The second kappa shape index (κ2) is 7.37. The van der Waals surface area contributed by atoms with Crippen LogP contribution in [-0.2, 0) is 17.9 Å². The summed E-state index contributed by atoms with van der Waals surface area (Å²) in [6, 6.07) is 13.7. The van der Waals surface area contributed by atoms with E-state index in [1.54, 1.807) is 18.5 Å². The van der Waals surface area contributed by atoms with Crippen molar-refractivity contribution in [3.8, 4) is 5.75 Å². The van der Waals surface area contributed by atoms with Gasteiger partial charge in [0.15, 0.2) is 0 Å². The molecule has 0 amide bonds. The Morgan fingerprint density at radius 3 is 2.71 bits per heavy atom. The summed E-state index contributed by atoms with van der Waals surface area (Å²) in [6.45, 7) is 4.13. The van der Waals surface area contributed by atoms with E-state index in [4.69, 9.17) is 9.47 Å². The summed E-state index contributed by atoms with van der Waals surface area (Å²) in [5, 5.41) is 15.7. The highest BCUT2D eigenvalue weighted by molar-refractivity contribution is 9.10. The van der Waals surface area contributed by atoms with E-state index >= 15 is 0 Å². The molecule has 0 saturated heterocycles. The van der Waals surface area contributed by atoms with Crippen molar-refractivity contribution < 1.29 is 14.4 Å². The molecule has 2 heterocycles. The third kappa shape index (κ3) is 3.41. The lowest BCUT2D eigenvalue weighted by molar-refractivity contribution is -0.386. The summed E-state index contributed by atoms with van der Waals surface area (Å²) in [7, 11) is 0. The van der Waals surface area contributed by atoms with Crippen molar-refractivity contribution >= 4 is 21.6 Å². The van der Waals surface area contributed by atoms with Crippen molar-refractivity contribution in [2.75, 3.05) is 0 Å². The highest BCUT2D eigenvalue weighted by Crippen LogP contribution is 2.38. The van der Waals surface area contributed by atoms with E-state index in [1.165, 1.54) is 0 Å². The Labute approximate surface area is 170 Å². The molecule has 28 heavy (non-hydrogen) atoms. The van der Waals surface area contributed by atoms with Crippen LogP contribution in [0.1, 0.15) is 34.4 Å². The van der Waals surface area contributed by atoms with E-state index in [0.717, 1.165) is 26.9 Å². The van der Waals surface area contributed by atoms with Crippen LogP contribution in [0, 0.1) is 24.0 Å². The normalized spacial score (nSPS) is 15.8. The minimum atomic E-state index is -0.497. The van der Waals surface area contributed by atoms with Gasteiger partial charge >= 0.3 is 5.69 Å². The molecule has 0 fully saturated rings. The molecular weight excluding hydrogens is 426 g/mol. The Hall–Kier alpha value is -2.71. The van der Waals surface area contributed by atoms with Gasteiger partial charge in [-0.15, -0.1) is 0 Å². The van der Waals surface area contributed by atoms with Crippen LogP contribution in [-0.4, -0.2) is 14.7 Å². The van der Waals surface area contributed by atoms with Crippen molar-refractivity contribution in [2.24, 2.45) is 0 Å². The zero-order chi connectivity index (χ0) is 19.8. The van der Waals surface area contributed by atoms with Crippen molar-refractivity contribution in [3.05, 3.63) is 85.1 Å². The van der Waals surface area contributed by atoms with Gasteiger partial charge in [-0.1, -0.05) is 46.3 Å². The Morgan fingerprint density at radius 2 is 2.04 bits per heavy atom. The van der Waals surface area contributed by atoms with E-state index in [-0.39, 0.29) is 10.6 Å². The molecule has 144 valence electrons. The van der Waals surface area contributed by atoms with Crippen LogP contribution in [0.4, 0.5) is 5.69 Å². The minimum absolute atomic E-state index is 0.0512. The van der Waals surface area contributed by atoms with Gasteiger partial charge in [0.1, 0.15) is 17.1 Å². The molecule has 2 aromatic carbocycles. The van der Waals surface area contributed by atoms with Gasteiger partial charge in [0.05, 0.1) is 18.1 Å². The number of hydrogen-bond donors (Lipinski definition) is 0. The third-order valence-corrected chi connectivity index (χ3v) is 5.20. The predicted octanol–water partition coefficient (Wildman–Crippen LogP) is 4.83. The number of nitro groups is 1. The number of ether oxygens (including phenoxy) is 2. The van der Waals surface area contributed by atoms with Gasteiger partial charge in [-0.3, -0.25) is 14.8 Å². The van der Waals surface area contributed by atoms with Gasteiger partial charge in [-0.2, -0.15) is 5.10 Å². The van der Waals surface area contributed by atoms with Crippen molar-refractivity contribution in [1.29, 1.82) is 0 Å². The molecule has 7 nitrogen and oxygen atoms in total. The fraction of sp³-hybridized carbons (Fsp3) is 0.250. The highest BCUT2D eigenvalue weighted by Gasteiger charge is 2.27. The zero-order valence-electron chi connectivity index (χ0n) is 15.4. The van der Waals surface area contributed by atoms with E-state index in [2.05, 4.69) is 21.0 Å². The van der Waals surface area contributed by atoms with E-state index in [0.29, 0.717) is 24.5 Å². The largest absolute Gasteiger partial charge is 0.460 e. The van der Waals surface area contributed by atoms with Crippen LogP contribution in [0.15, 0.2) is 46.9 Å². The van der Waals surface area contributed by atoms with Crippen LogP contribution in [0.3, 0.4) is 0 Å². The van der Waals surface area contributed by atoms with E-state index < -0.39 is 6.29 Å². The molecule has 1 aromatic heterocycles. The fourth-order valence-corrected chi connectivity index (χ4v) is 3.99. The number of halogens is 1. The smallest absolute Gasteiger partial charge is 0.312 e. The molecule has 1 unspecified atom stereocenters. The minimum Gasteiger partial charge on any atom is -0.460 e. The fourth-order valence-electron chi connectivity index (χ4n) is 3.44. The molecule has 0 N–H and O–H groups in total. The predicted molar refractivity (Wildman–Crippen MR) is 106 cm³/mol. The summed E-state index contributed by atoms with van der Waals surface area (Å²) in [6.07, 6.45) is -0.497. The highest BCUT2D eigenvalue weighted by atomic mass is 79.9. The van der Waals surface area contributed by atoms with E-state index in [1.807, 2.05) is 42.5 Å². The molecule has 4 rings (SSSR count). The second-order valence-corrected chi connectivity index (χ2v) is 7.57. The quantitative estimate of drug-likeness (QED) is 0.426. The standard InChI is InChI=1S/C20H18BrN3O4/c1-12-18(24(25)26)13(2)23(22-12)10-15-8-17(21)9-16-11-27-20(28-19(15)16)14-6-4-3-5-7-14/h3-9,20H,10-11H2,1-2H3. The molecule has 0 spiro atoms. The second-order valence-electron chi connectivity index (χ2n) is 6.66.